The van der Waals surface area contributed by atoms with Crippen LogP contribution in [-0.4, -0.2) is 30.8 Å². The lowest BCUT2D eigenvalue weighted by atomic mass is 10.2. The molecule has 1 amide bonds. The number of anilines is 1. The second kappa shape index (κ2) is 5.02. The van der Waals surface area contributed by atoms with E-state index in [4.69, 9.17) is 11.6 Å². The molecule has 0 fully saturated rings. The largest absolute Gasteiger partial charge is 0.319 e. The highest BCUT2D eigenvalue weighted by Gasteiger charge is 2.16. The second-order valence-electron chi connectivity index (χ2n) is 3.86. The van der Waals surface area contributed by atoms with Crippen LogP contribution < -0.4 is 5.32 Å². The number of aromatic amines is 1. The fraction of sp³-hybridized carbons (Fsp3) is 0.0909. The minimum absolute atomic E-state index is 0.0750. The summed E-state index contributed by atoms with van der Waals surface area (Å²) < 4.78 is 23.0. The van der Waals surface area contributed by atoms with Crippen LogP contribution in [0.2, 0.25) is 5.02 Å². The highest BCUT2D eigenvalue weighted by Crippen LogP contribution is 2.23. The summed E-state index contributed by atoms with van der Waals surface area (Å²) in [7, 11) is -3.48. The van der Waals surface area contributed by atoms with Crippen molar-refractivity contribution in [2.45, 2.75) is 4.90 Å². The van der Waals surface area contributed by atoms with Gasteiger partial charge in [0.2, 0.25) is 0 Å². The van der Waals surface area contributed by atoms with Crippen molar-refractivity contribution in [2.75, 3.05) is 11.6 Å². The summed E-state index contributed by atoms with van der Waals surface area (Å²) >= 11 is 5.80. The van der Waals surface area contributed by atoms with E-state index in [2.05, 4.69) is 15.5 Å². The Hall–Kier alpha value is -1.86. The smallest absolute Gasteiger partial charge is 0.255 e. The Balaban J connectivity index is 2.33. The van der Waals surface area contributed by atoms with E-state index >= 15 is 0 Å². The Labute approximate surface area is 114 Å². The first-order chi connectivity index (χ1) is 8.88. The molecule has 1 heterocycles. The van der Waals surface area contributed by atoms with Crippen LogP contribution in [0.1, 0.15) is 10.4 Å². The Morgan fingerprint density at radius 2 is 2.16 bits per heavy atom. The molecule has 2 aromatic rings. The van der Waals surface area contributed by atoms with Gasteiger partial charge >= 0.3 is 0 Å². The molecular weight excluding hydrogens is 290 g/mol. The SMILES string of the molecule is CS(=O)(=O)c1cc(C(=O)Nc2cn[nH]c2)ccc1Cl. The average molecular weight is 300 g/mol. The number of amides is 1. The molecule has 0 aliphatic carbocycles. The molecule has 1 aromatic heterocycles. The fourth-order valence-electron chi connectivity index (χ4n) is 1.45. The highest BCUT2D eigenvalue weighted by molar-refractivity contribution is 7.90. The number of nitrogens with zero attached hydrogens (tertiary/aromatic N) is 1. The van der Waals surface area contributed by atoms with Gasteiger partial charge in [0.15, 0.2) is 9.84 Å². The van der Waals surface area contributed by atoms with Gasteiger partial charge in [0, 0.05) is 18.0 Å². The summed E-state index contributed by atoms with van der Waals surface area (Å²) in [5, 5.41) is 8.88. The van der Waals surface area contributed by atoms with Gasteiger partial charge in [-0.15, -0.1) is 0 Å². The molecule has 0 saturated heterocycles. The van der Waals surface area contributed by atoms with Gasteiger partial charge in [-0.05, 0) is 18.2 Å². The molecule has 0 radical (unpaired) electrons. The summed E-state index contributed by atoms with van der Waals surface area (Å²) in [4.78, 5) is 11.8. The summed E-state index contributed by atoms with van der Waals surface area (Å²) in [6, 6.07) is 4.07. The maximum Gasteiger partial charge on any atom is 0.255 e. The summed E-state index contributed by atoms with van der Waals surface area (Å²) in [6.07, 6.45) is 3.97. The Bertz CT molecular complexity index is 711. The Morgan fingerprint density at radius 1 is 1.42 bits per heavy atom. The minimum atomic E-state index is -3.48. The summed E-state index contributed by atoms with van der Waals surface area (Å²) in [5.41, 5.74) is 0.687. The molecule has 0 bridgehead atoms. The molecule has 100 valence electrons. The third kappa shape index (κ3) is 3.12. The second-order valence-corrected chi connectivity index (χ2v) is 6.25. The lowest BCUT2D eigenvalue weighted by molar-refractivity contribution is 0.102. The Kier molecular flexibility index (Phi) is 3.59. The number of hydrogen-bond donors (Lipinski definition) is 2. The van der Waals surface area contributed by atoms with Crippen LogP contribution in [-0.2, 0) is 9.84 Å². The quantitative estimate of drug-likeness (QED) is 0.902. The lowest BCUT2D eigenvalue weighted by Gasteiger charge is -2.06. The van der Waals surface area contributed by atoms with E-state index in [-0.39, 0.29) is 15.5 Å². The van der Waals surface area contributed by atoms with Gasteiger partial charge in [0.05, 0.1) is 21.8 Å². The van der Waals surface area contributed by atoms with E-state index in [1.807, 2.05) is 0 Å². The molecule has 0 saturated carbocycles. The number of sulfone groups is 1. The maximum absolute atomic E-state index is 11.9. The zero-order valence-electron chi connectivity index (χ0n) is 9.84. The van der Waals surface area contributed by atoms with Gasteiger partial charge in [-0.2, -0.15) is 5.10 Å². The predicted molar refractivity (Wildman–Crippen MR) is 71.1 cm³/mol. The summed E-state index contributed by atoms with van der Waals surface area (Å²) in [5.74, 6) is -0.442. The Morgan fingerprint density at radius 3 is 2.74 bits per heavy atom. The van der Waals surface area contributed by atoms with Crippen LogP contribution in [0.15, 0.2) is 35.5 Å². The number of H-pyrrole nitrogens is 1. The van der Waals surface area contributed by atoms with E-state index < -0.39 is 15.7 Å². The highest BCUT2D eigenvalue weighted by atomic mass is 35.5. The van der Waals surface area contributed by atoms with Crippen molar-refractivity contribution in [3.8, 4) is 0 Å². The zero-order chi connectivity index (χ0) is 14.0. The van der Waals surface area contributed by atoms with Gasteiger partial charge in [0.1, 0.15) is 0 Å². The van der Waals surface area contributed by atoms with Crippen molar-refractivity contribution in [2.24, 2.45) is 0 Å². The molecule has 6 nitrogen and oxygen atoms in total. The normalized spacial score (nSPS) is 11.3. The van der Waals surface area contributed by atoms with E-state index in [0.717, 1.165) is 6.26 Å². The van der Waals surface area contributed by atoms with Crippen molar-refractivity contribution in [1.29, 1.82) is 0 Å². The lowest BCUT2D eigenvalue weighted by Crippen LogP contribution is -2.12. The minimum Gasteiger partial charge on any atom is -0.319 e. The van der Waals surface area contributed by atoms with Gasteiger partial charge in [0.25, 0.3) is 5.91 Å². The number of halogens is 1. The number of aromatic nitrogens is 2. The van der Waals surface area contributed by atoms with Crippen LogP contribution in [0, 0.1) is 0 Å². The molecular formula is C11H10ClN3O3S. The average Bonchev–Trinajstić information content (AvgIpc) is 2.80. The molecule has 19 heavy (non-hydrogen) atoms. The third-order valence-corrected chi connectivity index (χ3v) is 3.93. The molecule has 0 aliphatic rings. The number of benzene rings is 1. The molecule has 2 rings (SSSR count). The van der Waals surface area contributed by atoms with E-state index in [0.29, 0.717) is 5.69 Å². The maximum atomic E-state index is 11.9. The number of carbonyl (C=O) groups is 1. The van der Waals surface area contributed by atoms with Crippen LogP contribution in [0.3, 0.4) is 0 Å². The molecule has 8 heteroatoms. The van der Waals surface area contributed by atoms with E-state index in [1.54, 1.807) is 0 Å². The predicted octanol–water partition coefficient (Wildman–Crippen LogP) is 1.72. The van der Waals surface area contributed by atoms with Gasteiger partial charge in [-0.25, -0.2) is 8.42 Å². The van der Waals surface area contributed by atoms with Crippen LogP contribution >= 0.6 is 11.6 Å². The molecule has 2 N–H and O–H groups in total. The number of hydrogen-bond acceptors (Lipinski definition) is 4. The van der Waals surface area contributed by atoms with Crippen molar-refractivity contribution in [3.63, 3.8) is 0 Å². The van der Waals surface area contributed by atoms with Gasteiger partial charge in [-0.3, -0.25) is 9.89 Å². The fourth-order valence-corrected chi connectivity index (χ4v) is 2.75. The standard InChI is InChI=1S/C11H10ClN3O3S/c1-19(17,18)10-4-7(2-3-9(10)12)11(16)15-8-5-13-14-6-8/h2-6H,1H3,(H,13,14)(H,15,16). The van der Waals surface area contributed by atoms with E-state index in [1.165, 1.54) is 30.6 Å². The molecule has 0 aliphatic heterocycles. The molecule has 0 spiro atoms. The first kappa shape index (κ1) is 13.6. The molecule has 1 aromatic carbocycles. The van der Waals surface area contributed by atoms with Crippen molar-refractivity contribution >= 4 is 33.0 Å². The van der Waals surface area contributed by atoms with Crippen LogP contribution in [0.25, 0.3) is 0 Å². The first-order valence-corrected chi connectivity index (χ1v) is 7.44. The topological polar surface area (TPSA) is 91.9 Å². The van der Waals surface area contributed by atoms with Crippen molar-refractivity contribution < 1.29 is 13.2 Å². The zero-order valence-corrected chi connectivity index (χ0v) is 11.4. The number of carbonyl (C=O) groups excluding carboxylic acids is 1. The van der Waals surface area contributed by atoms with Crippen LogP contribution in [0.4, 0.5) is 5.69 Å². The number of nitrogens with one attached hydrogen (secondary N) is 2. The third-order valence-electron chi connectivity index (χ3n) is 2.35. The molecule has 0 unspecified atom stereocenters. The van der Waals surface area contributed by atoms with E-state index in [9.17, 15) is 13.2 Å². The van der Waals surface area contributed by atoms with Crippen LogP contribution in [0.5, 0.6) is 0 Å². The van der Waals surface area contributed by atoms with Crippen molar-refractivity contribution in [3.05, 3.63) is 41.2 Å². The number of rotatable bonds is 3. The van der Waals surface area contributed by atoms with Gasteiger partial charge in [-0.1, -0.05) is 11.6 Å². The van der Waals surface area contributed by atoms with Gasteiger partial charge < -0.3 is 5.32 Å². The monoisotopic (exact) mass is 299 g/mol. The molecule has 0 atom stereocenters. The van der Waals surface area contributed by atoms with Crippen molar-refractivity contribution in [1.82, 2.24) is 10.2 Å². The first-order valence-electron chi connectivity index (χ1n) is 5.17. The summed E-state index contributed by atoms with van der Waals surface area (Å²) in [6.45, 7) is 0.